The van der Waals surface area contributed by atoms with Crippen molar-refractivity contribution in [2.45, 2.75) is 12.8 Å². The van der Waals surface area contributed by atoms with Gasteiger partial charge in [0.05, 0.1) is 8.66 Å². The molecule has 0 saturated heterocycles. The van der Waals surface area contributed by atoms with Crippen molar-refractivity contribution in [1.82, 2.24) is 5.32 Å². The van der Waals surface area contributed by atoms with Crippen LogP contribution in [0.5, 0.6) is 0 Å². The fourth-order valence-electron chi connectivity index (χ4n) is 1.12. The normalized spacial score (nSPS) is 10.4. The maximum Gasteiger partial charge on any atom is 0.261 e. The highest BCUT2D eigenvalue weighted by molar-refractivity contribution is 9.13. The van der Waals surface area contributed by atoms with E-state index in [2.05, 4.69) is 37.2 Å². The first-order chi connectivity index (χ1) is 7.65. The van der Waals surface area contributed by atoms with Crippen LogP contribution in [-0.2, 0) is 4.74 Å². The van der Waals surface area contributed by atoms with Crippen LogP contribution in [0.25, 0.3) is 0 Å². The minimum absolute atomic E-state index is 0.0196. The van der Waals surface area contributed by atoms with Gasteiger partial charge in [0.2, 0.25) is 0 Å². The molecule has 1 aromatic heterocycles. The van der Waals surface area contributed by atoms with Crippen molar-refractivity contribution < 1.29 is 9.53 Å². The molecule has 0 saturated carbocycles. The summed E-state index contributed by atoms with van der Waals surface area (Å²) in [6.07, 6.45) is 1.90. The van der Waals surface area contributed by atoms with Gasteiger partial charge in [-0.2, -0.15) is 0 Å². The molecule has 0 aliphatic rings. The van der Waals surface area contributed by atoms with Gasteiger partial charge in [0.25, 0.3) is 5.91 Å². The van der Waals surface area contributed by atoms with Crippen LogP contribution in [-0.4, -0.2) is 26.2 Å². The van der Waals surface area contributed by atoms with Crippen molar-refractivity contribution in [2.75, 3.05) is 20.3 Å². The largest absolute Gasteiger partial charge is 0.385 e. The zero-order chi connectivity index (χ0) is 12.0. The van der Waals surface area contributed by atoms with Gasteiger partial charge in [-0.05, 0) is 50.8 Å². The third kappa shape index (κ3) is 4.53. The van der Waals surface area contributed by atoms with Gasteiger partial charge < -0.3 is 10.1 Å². The predicted octanol–water partition coefficient (Wildman–Crippen LogP) is 3.43. The molecule has 0 fully saturated rings. The van der Waals surface area contributed by atoms with Crippen molar-refractivity contribution in [3.05, 3.63) is 19.2 Å². The number of halogens is 2. The van der Waals surface area contributed by atoms with Gasteiger partial charge in [-0.3, -0.25) is 4.79 Å². The van der Waals surface area contributed by atoms with E-state index in [1.54, 1.807) is 7.11 Å². The van der Waals surface area contributed by atoms with Gasteiger partial charge in [0, 0.05) is 24.7 Å². The Kier molecular flexibility index (Phi) is 6.57. The zero-order valence-electron chi connectivity index (χ0n) is 8.89. The summed E-state index contributed by atoms with van der Waals surface area (Å²) in [7, 11) is 1.68. The van der Waals surface area contributed by atoms with Gasteiger partial charge >= 0.3 is 0 Å². The fraction of sp³-hybridized carbons (Fsp3) is 0.500. The molecule has 1 aromatic rings. The first-order valence-corrected chi connectivity index (χ1v) is 7.27. The first-order valence-electron chi connectivity index (χ1n) is 4.87. The second kappa shape index (κ2) is 7.42. The van der Waals surface area contributed by atoms with Gasteiger partial charge in [-0.15, -0.1) is 11.3 Å². The summed E-state index contributed by atoms with van der Waals surface area (Å²) < 4.78 is 6.79. The lowest BCUT2D eigenvalue weighted by Gasteiger charge is -2.02. The molecule has 1 rings (SSSR count). The van der Waals surface area contributed by atoms with Crippen LogP contribution in [0.15, 0.2) is 14.3 Å². The molecule has 0 radical (unpaired) electrons. The van der Waals surface area contributed by atoms with Crippen LogP contribution in [0.1, 0.15) is 22.5 Å². The molecule has 1 heterocycles. The minimum atomic E-state index is -0.0196. The average Bonchev–Trinajstić information content (AvgIpc) is 2.59. The van der Waals surface area contributed by atoms with E-state index >= 15 is 0 Å². The molecule has 0 bridgehead atoms. The molecular weight excluding hydrogens is 358 g/mol. The van der Waals surface area contributed by atoms with Crippen molar-refractivity contribution in [2.24, 2.45) is 0 Å². The number of hydrogen-bond donors (Lipinski definition) is 1. The molecular formula is C10H13Br2NO2S. The zero-order valence-corrected chi connectivity index (χ0v) is 12.9. The monoisotopic (exact) mass is 369 g/mol. The maximum atomic E-state index is 11.7. The van der Waals surface area contributed by atoms with Crippen LogP contribution in [0.2, 0.25) is 0 Å². The van der Waals surface area contributed by atoms with Crippen molar-refractivity contribution in [1.29, 1.82) is 0 Å². The van der Waals surface area contributed by atoms with Crippen LogP contribution in [0, 0.1) is 0 Å². The van der Waals surface area contributed by atoms with Crippen LogP contribution >= 0.6 is 43.2 Å². The smallest absolute Gasteiger partial charge is 0.261 e. The molecule has 0 unspecified atom stereocenters. The first kappa shape index (κ1) is 14.2. The highest BCUT2D eigenvalue weighted by Gasteiger charge is 2.10. The van der Waals surface area contributed by atoms with E-state index in [9.17, 15) is 4.79 Å². The SMILES string of the molecule is COCCCCNC(=O)c1cc(Br)c(Br)s1. The molecule has 6 heteroatoms. The topological polar surface area (TPSA) is 38.3 Å². The average molecular weight is 371 g/mol. The van der Waals surface area contributed by atoms with Gasteiger partial charge in [-0.1, -0.05) is 0 Å². The highest BCUT2D eigenvalue weighted by atomic mass is 79.9. The second-order valence-electron chi connectivity index (χ2n) is 3.19. The number of methoxy groups -OCH3 is 1. The van der Waals surface area contributed by atoms with E-state index in [1.807, 2.05) is 6.07 Å². The Labute approximate surface area is 116 Å². The molecule has 1 N–H and O–H groups in total. The molecule has 3 nitrogen and oxygen atoms in total. The molecule has 0 spiro atoms. The number of carbonyl (C=O) groups is 1. The van der Waals surface area contributed by atoms with Crippen molar-refractivity contribution >= 4 is 49.1 Å². The summed E-state index contributed by atoms with van der Waals surface area (Å²) in [5.74, 6) is -0.0196. The van der Waals surface area contributed by atoms with E-state index in [4.69, 9.17) is 4.74 Å². The molecule has 0 aliphatic heterocycles. The lowest BCUT2D eigenvalue weighted by atomic mass is 10.3. The third-order valence-corrected chi connectivity index (χ3v) is 5.18. The Morgan fingerprint density at radius 3 is 2.81 bits per heavy atom. The molecule has 1 amide bonds. The van der Waals surface area contributed by atoms with Gasteiger partial charge in [-0.25, -0.2) is 0 Å². The highest BCUT2D eigenvalue weighted by Crippen LogP contribution is 2.32. The van der Waals surface area contributed by atoms with Crippen LogP contribution in [0.3, 0.4) is 0 Å². The Morgan fingerprint density at radius 2 is 2.25 bits per heavy atom. The third-order valence-electron chi connectivity index (χ3n) is 1.93. The molecule has 16 heavy (non-hydrogen) atoms. The molecule has 0 atom stereocenters. The predicted molar refractivity (Wildman–Crippen MR) is 73.2 cm³/mol. The van der Waals surface area contributed by atoms with E-state index < -0.39 is 0 Å². The lowest BCUT2D eigenvalue weighted by molar-refractivity contribution is 0.0955. The second-order valence-corrected chi connectivity index (χ2v) is 6.41. The number of hydrogen-bond acceptors (Lipinski definition) is 3. The van der Waals surface area contributed by atoms with E-state index in [0.717, 1.165) is 27.7 Å². The number of thiophene rings is 1. The lowest BCUT2D eigenvalue weighted by Crippen LogP contribution is -2.23. The van der Waals surface area contributed by atoms with E-state index in [-0.39, 0.29) is 5.91 Å². The summed E-state index contributed by atoms with van der Waals surface area (Å²) in [6, 6.07) is 1.82. The van der Waals surface area contributed by atoms with Gasteiger partial charge in [0.15, 0.2) is 0 Å². The Bertz CT molecular complexity index is 335. The summed E-state index contributed by atoms with van der Waals surface area (Å²) in [5, 5.41) is 2.87. The van der Waals surface area contributed by atoms with Crippen LogP contribution in [0.4, 0.5) is 0 Å². The standard InChI is InChI=1S/C10H13Br2NO2S/c1-15-5-3-2-4-13-10(14)8-6-7(11)9(12)16-8/h6H,2-5H2,1H3,(H,13,14). The number of nitrogens with one attached hydrogen (secondary N) is 1. The number of ether oxygens (including phenoxy) is 1. The Hall–Kier alpha value is 0.0900. The number of carbonyl (C=O) groups excluding carboxylic acids is 1. The van der Waals surface area contributed by atoms with Crippen LogP contribution < -0.4 is 5.32 Å². The fourth-order valence-corrected chi connectivity index (χ4v) is 3.07. The number of amides is 1. The minimum Gasteiger partial charge on any atom is -0.385 e. The van der Waals surface area contributed by atoms with Crippen molar-refractivity contribution in [3.8, 4) is 0 Å². The quantitative estimate of drug-likeness (QED) is 0.779. The summed E-state index contributed by atoms with van der Waals surface area (Å²) >= 11 is 8.14. The van der Waals surface area contributed by atoms with E-state index in [0.29, 0.717) is 11.4 Å². The maximum absolute atomic E-state index is 11.7. The number of unbranched alkanes of at least 4 members (excludes halogenated alkanes) is 1. The number of rotatable bonds is 6. The molecule has 90 valence electrons. The molecule has 0 aromatic carbocycles. The Morgan fingerprint density at radius 1 is 1.50 bits per heavy atom. The summed E-state index contributed by atoms with van der Waals surface area (Å²) in [4.78, 5) is 12.4. The van der Waals surface area contributed by atoms with Gasteiger partial charge in [0.1, 0.15) is 0 Å². The molecule has 0 aliphatic carbocycles. The summed E-state index contributed by atoms with van der Waals surface area (Å²) in [6.45, 7) is 1.43. The summed E-state index contributed by atoms with van der Waals surface area (Å²) in [5.41, 5.74) is 0. The Balaban J connectivity index is 2.30. The van der Waals surface area contributed by atoms with Crippen molar-refractivity contribution in [3.63, 3.8) is 0 Å². The van der Waals surface area contributed by atoms with E-state index in [1.165, 1.54) is 11.3 Å².